The number of aliphatic hydroxyl groups is 1. The van der Waals surface area contributed by atoms with Gasteiger partial charge in [-0.25, -0.2) is 0 Å². The lowest BCUT2D eigenvalue weighted by Gasteiger charge is -2.37. The third-order valence-electron chi connectivity index (χ3n) is 8.12. The highest BCUT2D eigenvalue weighted by Gasteiger charge is 2.74. The molecule has 4 rings (SSSR count). The summed E-state index contributed by atoms with van der Waals surface area (Å²) >= 11 is 1.64. The largest absolute Gasteiger partial charge is 0.497 e. The molecule has 1 spiro atoms. The van der Waals surface area contributed by atoms with Crippen LogP contribution in [0.1, 0.15) is 44.9 Å². The monoisotopic (exact) mass is 556 g/mol. The van der Waals surface area contributed by atoms with Crippen molar-refractivity contribution in [3.63, 3.8) is 0 Å². The van der Waals surface area contributed by atoms with Crippen LogP contribution in [0, 0.1) is 11.8 Å². The number of rotatable bonds is 15. The number of thioether (sulfide) groups is 1. The van der Waals surface area contributed by atoms with Gasteiger partial charge >= 0.3 is 5.97 Å². The van der Waals surface area contributed by atoms with E-state index in [1.54, 1.807) is 53.0 Å². The minimum atomic E-state index is -0.695. The van der Waals surface area contributed by atoms with E-state index in [-0.39, 0.29) is 36.2 Å². The molecule has 1 aromatic rings. The highest BCUT2D eigenvalue weighted by molar-refractivity contribution is 8.02. The average molecular weight is 557 g/mol. The summed E-state index contributed by atoms with van der Waals surface area (Å²) in [6.07, 6.45) is 8.46. The number of carbonyl (C=O) groups excluding carboxylic acids is 3. The molecular weight excluding hydrogens is 516 g/mol. The Balaban J connectivity index is 1.66. The lowest BCUT2D eigenvalue weighted by molar-refractivity contribution is -0.154. The van der Waals surface area contributed by atoms with Crippen LogP contribution in [0.5, 0.6) is 5.75 Å². The topological polar surface area (TPSA) is 96.4 Å². The number of amides is 2. The minimum absolute atomic E-state index is 0.0356. The van der Waals surface area contributed by atoms with E-state index < -0.39 is 22.6 Å². The Morgan fingerprint density at radius 1 is 1.18 bits per heavy atom. The molecule has 1 aromatic carbocycles. The fourth-order valence-electron chi connectivity index (χ4n) is 6.37. The lowest BCUT2D eigenvalue weighted by atomic mass is 9.71. The van der Waals surface area contributed by atoms with Crippen LogP contribution in [-0.4, -0.2) is 77.2 Å². The van der Waals surface area contributed by atoms with E-state index >= 15 is 0 Å². The van der Waals surface area contributed by atoms with Gasteiger partial charge in [-0.2, -0.15) is 0 Å². The van der Waals surface area contributed by atoms with Gasteiger partial charge in [-0.1, -0.05) is 12.2 Å². The summed E-state index contributed by atoms with van der Waals surface area (Å²) in [5.41, 5.74) is 0.698. The Morgan fingerprint density at radius 2 is 1.95 bits per heavy atom. The Morgan fingerprint density at radius 3 is 2.62 bits per heavy atom. The first-order valence-corrected chi connectivity index (χ1v) is 14.7. The number of hydrogen-bond acceptors (Lipinski definition) is 7. The van der Waals surface area contributed by atoms with Gasteiger partial charge in [-0.15, -0.1) is 24.9 Å². The molecule has 1 N–H and O–H groups in total. The van der Waals surface area contributed by atoms with Crippen molar-refractivity contribution >= 4 is 35.2 Å². The zero-order valence-corrected chi connectivity index (χ0v) is 23.6. The number of fused-ring (bicyclic) bond motifs is 1. The number of anilines is 1. The van der Waals surface area contributed by atoms with E-state index in [0.717, 1.165) is 19.3 Å². The Kier molecular flexibility index (Phi) is 9.77. The number of allylic oxidation sites excluding steroid dienone is 1. The SMILES string of the molecule is C=CCCCOC(=O)[C@@H]1[C@@H]2CCC3(S2)C(C(=O)N(CC=C)c2ccc(OC)cc2)N(CCCCCO)C(=O)[C@H]13. The molecule has 212 valence electrons. The van der Waals surface area contributed by atoms with Crippen LogP contribution in [0.2, 0.25) is 0 Å². The maximum atomic E-state index is 14.5. The van der Waals surface area contributed by atoms with Crippen LogP contribution in [0.4, 0.5) is 5.69 Å². The molecule has 3 saturated heterocycles. The van der Waals surface area contributed by atoms with Gasteiger partial charge in [-0.05, 0) is 69.2 Å². The van der Waals surface area contributed by atoms with Crippen LogP contribution in [0.15, 0.2) is 49.6 Å². The van der Waals surface area contributed by atoms with Gasteiger partial charge < -0.3 is 24.4 Å². The van der Waals surface area contributed by atoms with Gasteiger partial charge in [0.05, 0.1) is 30.3 Å². The molecule has 9 heteroatoms. The molecule has 2 unspecified atom stereocenters. The molecule has 3 aliphatic rings. The summed E-state index contributed by atoms with van der Waals surface area (Å²) in [6.45, 7) is 8.66. The minimum Gasteiger partial charge on any atom is -0.497 e. The highest BCUT2D eigenvalue weighted by Crippen LogP contribution is 2.66. The number of likely N-dealkylation sites (tertiary alicyclic amines) is 1. The van der Waals surface area contributed by atoms with Crippen molar-refractivity contribution in [3.05, 3.63) is 49.6 Å². The number of aliphatic hydroxyl groups excluding tert-OH is 1. The molecule has 3 fully saturated rings. The van der Waals surface area contributed by atoms with Crippen molar-refractivity contribution in [1.82, 2.24) is 4.90 Å². The van der Waals surface area contributed by atoms with Gasteiger partial charge in [0.15, 0.2) is 0 Å². The number of ether oxygens (including phenoxy) is 2. The zero-order chi connectivity index (χ0) is 28.0. The van der Waals surface area contributed by atoms with E-state index in [4.69, 9.17) is 9.47 Å². The Hall–Kier alpha value is -2.78. The summed E-state index contributed by atoms with van der Waals surface area (Å²) in [4.78, 5) is 45.2. The maximum Gasteiger partial charge on any atom is 0.310 e. The van der Waals surface area contributed by atoms with Gasteiger partial charge in [0.25, 0.3) is 5.91 Å². The fraction of sp³-hybridized carbons (Fsp3) is 0.567. The van der Waals surface area contributed by atoms with Crippen molar-refractivity contribution in [2.45, 2.75) is 61.0 Å². The maximum absolute atomic E-state index is 14.5. The Bertz CT molecular complexity index is 1060. The molecule has 0 saturated carbocycles. The third-order valence-corrected chi connectivity index (χ3v) is 10.1. The predicted octanol–water partition coefficient (Wildman–Crippen LogP) is 3.98. The molecule has 39 heavy (non-hydrogen) atoms. The molecule has 8 nitrogen and oxygen atoms in total. The van der Waals surface area contributed by atoms with Gasteiger partial charge in [0.2, 0.25) is 5.91 Å². The van der Waals surface area contributed by atoms with E-state index in [2.05, 4.69) is 13.2 Å². The fourth-order valence-corrected chi connectivity index (χ4v) is 8.57. The summed E-state index contributed by atoms with van der Waals surface area (Å²) in [7, 11) is 1.59. The number of unbranched alkanes of at least 4 members (excludes halogenated alkanes) is 3. The van der Waals surface area contributed by atoms with Crippen LogP contribution in [0.25, 0.3) is 0 Å². The third kappa shape index (κ3) is 5.61. The molecule has 3 aliphatic heterocycles. The van der Waals surface area contributed by atoms with Gasteiger partial charge in [0.1, 0.15) is 11.8 Å². The van der Waals surface area contributed by atoms with Crippen molar-refractivity contribution in [3.8, 4) is 5.75 Å². The molecule has 2 bridgehead atoms. The van der Waals surface area contributed by atoms with Crippen molar-refractivity contribution in [1.29, 1.82) is 0 Å². The van der Waals surface area contributed by atoms with Crippen LogP contribution >= 0.6 is 11.8 Å². The first-order chi connectivity index (χ1) is 18.9. The van der Waals surface area contributed by atoms with E-state index in [0.29, 0.717) is 50.3 Å². The first-order valence-electron chi connectivity index (χ1n) is 13.9. The number of esters is 1. The second-order valence-electron chi connectivity index (χ2n) is 10.4. The van der Waals surface area contributed by atoms with Gasteiger partial charge in [-0.3, -0.25) is 14.4 Å². The number of hydrogen-bond donors (Lipinski definition) is 1. The van der Waals surface area contributed by atoms with Crippen LogP contribution in [-0.2, 0) is 19.1 Å². The second kappa shape index (κ2) is 13.0. The number of methoxy groups -OCH3 is 1. The number of benzene rings is 1. The van der Waals surface area contributed by atoms with Crippen molar-refractivity contribution in [2.75, 3.05) is 38.3 Å². The highest BCUT2D eigenvalue weighted by atomic mass is 32.2. The molecule has 3 heterocycles. The molecule has 2 amide bonds. The second-order valence-corrected chi connectivity index (χ2v) is 12.0. The van der Waals surface area contributed by atoms with Crippen molar-refractivity contribution < 1.29 is 29.0 Å². The quantitative estimate of drug-likeness (QED) is 0.198. The molecule has 0 radical (unpaired) electrons. The first kappa shape index (κ1) is 29.2. The normalized spacial score (nSPS) is 26.8. The van der Waals surface area contributed by atoms with E-state index in [1.807, 2.05) is 12.1 Å². The van der Waals surface area contributed by atoms with Crippen molar-refractivity contribution in [2.24, 2.45) is 11.8 Å². The summed E-state index contributed by atoms with van der Waals surface area (Å²) in [6, 6.07) is 6.59. The van der Waals surface area contributed by atoms with Crippen LogP contribution < -0.4 is 9.64 Å². The van der Waals surface area contributed by atoms with Crippen LogP contribution in [0.3, 0.4) is 0 Å². The average Bonchev–Trinajstić information content (AvgIpc) is 3.59. The molecule has 5 atom stereocenters. The summed E-state index contributed by atoms with van der Waals surface area (Å²) in [5, 5.41) is 9.21. The zero-order valence-electron chi connectivity index (χ0n) is 22.8. The molecule has 0 aromatic heterocycles. The molecule has 0 aliphatic carbocycles. The predicted molar refractivity (Wildman–Crippen MR) is 153 cm³/mol. The number of carbonyl (C=O) groups is 3. The number of nitrogens with zero attached hydrogens (tertiary/aromatic N) is 2. The molecular formula is C30H40N2O6S. The summed E-state index contributed by atoms with van der Waals surface area (Å²) in [5.74, 6) is -1.07. The Labute approximate surface area is 235 Å². The van der Waals surface area contributed by atoms with Gasteiger partial charge in [0, 0.05) is 30.6 Å². The van der Waals surface area contributed by atoms with E-state index in [9.17, 15) is 19.5 Å². The smallest absolute Gasteiger partial charge is 0.310 e. The lowest BCUT2D eigenvalue weighted by Crippen LogP contribution is -2.55. The summed E-state index contributed by atoms with van der Waals surface area (Å²) < 4.78 is 10.3. The van der Waals surface area contributed by atoms with E-state index in [1.165, 1.54) is 0 Å². The standard InChI is InChI=1S/C30H40N2O6S/c1-4-6-10-20-38-29(36)24-23-15-16-30(39-23)25(24)27(34)32(18-8-7-9-19-33)26(30)28(35)31(17-5-2)21-11-13-22(37-3)14-12-21/h4-5,11-14,23-26,33H,1-2,6-10,15-20H2,3H3/t23-,24+,25-,26?,30?/m0/s1.